The Hall–Kier alpha value is -0.370. The molecule has 2 rings (SSSR count). The van der Waals surface area contributed by atoms with E-state index in [2.05, 4.69) is 13.8 Å². The summed E-state index contributed by atoms with van der Waals surface area (Å²) in [5.41, 5.74) is -0.283. The van der Waals surface area contributed by atoms with Crippen LogP contribution in [0.4, 0.5) is 0 Å². The van der Waals surface area contributed by atoms with Crippen LogP contribution in [0.15, 0.2) is 0 Å². The van der Waals surface area contributed by atoms with Crippen LogP contribution in [0.25, 0.3) is 0 Å². The molecule has 0 spiro atoms. The summed E-state index contributed by atoms with van der Waals surface area (Å²) in [6.07, 6.45) is 5.86. The SMILES string of the molecule is CC(=O)C1CCC2(O)CCCC(C)(C)C2C1. The van der Waals surface area contributed by atoms with Gasteiger partial charge in [-0.15, -0.1) is 0 Å². The van der Waals surface area contributed by atoms with E-state index in [9.17, 15) is 9.90 Å². The fraction of sp³-hybridized carbons (Fsp3) is 0.929. The first-order valence-electron chi connectivity index (χ1n) is 6.58. The van der Waals surface area contributed by atoms with Gasteiger partial charge < -0.3 is 5.11 Å². The van der Waals surface area contributed by atoms with Crippen LogP contribution in [0, 0.1) is 17.3 Å². The molecule has 0 aromatic rings. The maximum atomic E-state index is 11.5. The molecule has 2 aliphatic rings. The Kier molecular flexibility index (Phi) is 2.90. The largest absolute Gasteiger partial charge is 0.390 e. The maximum Gasteiger partial charge on any atom is 0.132 e. The lowest BCUT2D eigenvalue weighted by Crippen LogP contribution is -2.53. The van der Waals surface area contributed by atoms with Crippen LogP contribution in [0.1, 0.15) is 59.3 Å². The highest BCUT2D eigenvalue weighted by molar-refractivity contribution is 5.78. The molecule has 1 N–H and O–H groups in total. The van der Waals surface area contributed by atoms with Crippen LogP contribution < -0.4 is 0 Å². The Bertz CT molecular complexity index is 295. The second-order valence-corrected chi connectivity index (χ2v) is 6.58. The van der Waals surface area contributed by atoms with E-state index in [0.717, 1.165) is 32.1 Å². The van der Waals surface area contributed by atoms with Gasteiger partial charge in [-0.05, 0) is 50.4 Å². The number of aliphatic hydroxyl groups is 1. The second-order valence-electron chi connectivity index (χ2n) is 6.58. The molecule has 0 heterocycles. The predicted molar refractivity (Wildman–Crippen MR) is 64.1 cm³/mol. The molecule has 2 fully saturated rings. The second kappa shape index (κ2) is 3.83. The van der Waals surface area contributed by atoms with Crippen molar-refractivity contribution in [3.05, 3.63) is 0 Å². The van der Waals surface area contributed by atoms with Crippen molar-refractivity contribution in [3.63, 3.8) is 0 Å². The summed E-state index contributed by atoms with van der Waals surface area (Å²) >= 11 is 0. The van der Waals surface area contributed by atoms with Gasteiger partial charge in [0.2, 0.25) is 0 Å². The maximum absolute atomic E-state index is 11.5. The van der Waals surface area contributed by atoms with Crippen LogP contribution in [0.3, 0.4) is 0 Å². The molecule has 3 atom stereocenters. The van der Waals surface area contributed by atoms with Crippen molar-refractivity contribution < 1.29 is 9.90 Å². The molecule has 0 saturated heterocycles. The lowest BCUT2D eigenvalue weighted by molar-refractivity contribution is -0.146. The summed E-state index contributed by atoms with van der Waals surface area (Å²) in [6.45, 7) is 6.21. The zero-order valence-electron chi connectivity index (χ0n) is 10.8. The Balaban J connectivity index is 2.21. The molecular weight excluding hydrogens is 200 g/mol. The minimum Gasteiger partial charge on any atom is -0.390 e. The van der Waals surface area contributed by atoms with Crippen LogP contribution in [-0.4, -0.2) is 16.5 Å². The normalized spacial score (nSPS) is 42.5. The minimum atomic E-state index is -0.478. The van der Waals surface area contributed by atoms with Crippen molar-refractivity contribution in [1.29, 1.82) is 0 Å². The van der Waals surface area contributed by atoms with E-state index >= 15 is 0 Å². The highest BCUT2D eigenvalue weighted by atomic mass is 16.3. The quantitative estimate of drug-likeness (QED) is 0.743. The lowest BCUT2D eigenvalue weighted by atomic mass is 9.54. The van der Waals surface area contributed by atoms with Gasteiger partial charge in [0.15, 0.2) is 0 Å². The first-order chi connectivity index (χ1) is 7.35. The number of hydrogen-bond donors (Lipinski definition) is 1. The van der Waals surface area contributed by atoms with Crippen LogP contribution >= 0.6 is 0 Å². The smallest absolute Gasteiger partial charge is 0.132 e. The van der Waals surface area contributed by atoms with Gasteiger partial charge in [-0.2, -0.15) is 0 Å². The number of carbonyl (C=O) groups is 1. The zero-order chi connectivity index (χ0) is 12.0. The molecule has 16 heavy (non-hydrogen) atoms. The number of fused-ring (bicyclic) bond motifs is 1. The number of ketones is 1. The predicted octanol–water partition coefficient (Wildman–Crippen LogP) is 2.93. The average Bonchev–Trinajstić information content (AvgIpc) is 2.15. The number of rotatable bonds is 1. The van der Waals surface area contributed by atoms with Gasteiger partial charge in [-0.3, -0.25) is 4.79 Å². The summed E-state index contributed by atoms with van der Waals surface area (Å²) in [5, 5.41) is 10.7. The van der Waals surface area contributed by atoms with Crippen LogP contribution in [0.2, 0.25) is 0 Å². The summed E-state index contributed by atoms with van der Waals surface area (Å²) in [5.74, 6) is 0.822. The first-order valence-corrected chi connectivity index (χ1v) is 6.58. The summed E-state index contributed by atoms with van der Waals surface area (Å²) in [4.78, 5) is 11.5. The van der Waals surface area contributed by atoms with E-state index in [1.807, 2.05) is 0 Å². The molecular formula is C14H24O2. The third kappa shape index (κ3) is 1.92. The topological polar surface area (TPSA) is 37.3 Å². The van der Waals surface area contributed by atoms with Crippen molar-refractivity contribution >= 4 is 5.78 Å². The first kappa shape index (κ1) is 12.1. The molecule has 3 unspecified atom stereocenters. The number of carbonyl (C=O) groups excluding carboxylic acids is 1. The monoisotopic (exact) mass is 224 g/mol. The zero-order valence-corrected chi connectivity index (χ0v) is 10.8. The van der Waals surface area contributed by atoms with Crippen LogP contribution in [0.5, 0.6) is 0 Å². The molecule has 2 aliphatic carbocycles. The van der Waals surface area contributed by atoms with Gasteiger partial charge in [-0.1, -0.05) is 20.3 Å². The molecule has 0 radical (unpaired) electrons. The summed E-state index contributed by atoms with van der Waals surface area (Å²) in [6, 6.07) is 0. The van der Waals surface area contributed by atoms with E-state index in [1.165, 1.54) is 6.42 Å². The summed E-state index contributed by atoms with van der Waals surface area (Å²) < 4.78 is 0. The van der Waals surface area contributed by atoms with E-state index in [1.54, 1.807) is 6.92 Å². The molecule has 2 heteroatoms. The van der Waals surface area contributed by atoms with Crippen molar-refractivity contribution in [3.8, 4) is 0 Å². The molecule has 0 aromatic heterocycles. The molecule has 0 aliphatic heterocycles. The van der Waals surface area contributed by atoms with Gasteiger partial charge >= 0.3 is 0 Å². The van der Waals surface area contributed by atoms with E-state index in [4.69, 9.17) is 0 Å². The highest BCUT2D eigenvalue weighted by Crippen LogP contribution is 2.54. The van der Waals surface area contributed by atoms with Gasteiger partial charge in [0, 0.05) is 5.92 Å². The van der Waals surface area contributed by atoms with E-state index in [-0.39, 0.29) is 11.3 Å². The fourth-order valence-corrected chi connectivity index (χ4v) is 3.96. The Morgan fingerprint density at radius 2 is 1.94 bits per heavy atom. The Morgan fingerprint density at radius 1 is 1.25 bits per heavy atom. The minimum absolute atomic E-state index is 0.196. The van der Waals surface area contributed by atoms with Gasteiger partial charge in [0.1, 0.15) is 5.78 Å². The molecule has 2 nitrogen and oxygen atoms in total. The fourth-order valence-electron chi connectivity index (χ4n) is 3.96. The standard InChI is InChI=1S/C14H24O2/c1-10(15)11-5-8-14(16)7-4-6-13(2,3)12(14)9-11/h11-12,16H,4-9H2,1-3H3. The van der Waals surface area contributed by atoms with Crippen molar-refractivity contribution in [2.45, 2.75) is 64.9 Å². The highest BCUT2D eigenvalue weighted by Gasteiger charge is 2.51. The van der Waals surface area contributed by atoms with Crippen molar-refractivity contribution in [2.75, 3.05) is 0 Å². The van der Waals surface area contributed by atoms with E-state index < -0.39 is 5.60 Å². The molecule has 2 saturated carbocycles. The van der Waals surface area contributed by atoms with Crippen LogP contribution in [-0.2, 0) is 4.79 Å². The third-order valence-electron chi connectivity index (χ3n) is 5.04. The number of hydrogen-bond acceptors (Lipinski definition) is 2. The Labute approximate surface area is 98.4 Å². The number of Topliss-reactive ketones (excluding diaryl/α,β-unsaturated/α-hetero) is 1. The lowest BCUT2D eigenvalue weighted by Gasteiger charge is -2.53. The molecule has 0 bridgehead atoms. The Morgan fingerprint density at radius 3 is 2.56 bits per heavy atom. The molecule has 0 amide bonds. The summed E-state index contributed by atoms with van der Waals surface area (Å²) in [7, 11) is 0. The van der Waals surface area contributed by atoms with Crippen molar-refractivity contribution in [2.24, 2.45) is 17.3 Å². The molecule has 0 aromatic carbocycles. The van der Waals surface area contributed by atoms with Gasteiger partial charge in [0.25, 0.3) is 0 Å². The van der Waals surface area contributed by atoms with E-state index in [0.29, 0.717) is 11.7 Å². The molecule has 92 valence electrons. The average molecular weight is 224 g/mol. The van der Waals surface area contributed by atoms with Crippen molar-refractivity contribution in [1.82, 2.24) is 0 Å². The van der Waals surface area contributed by atoms with Gasteiger partial charge in [0.05, 0.1) is 5.60 Å². The van der Waals surface area contributed by atoms with Gasteiger partial charge in [-0.25, -0.2) is 0 Å². The third-order valence-corrected chi connectivity index (χ3v) is 5.04.